The second-order valence-electron chi connectivity index (χ2n) is 4.80. The number of benzene rings is 1. The minimum absolute atomic E-state index is 0.191. The van der Waals surface area contributed by atoms with Crippen LogP contribution in [-0.2, 0) is 6.42 Å². The molecule has 0 aliphatic carbocycles. The minimum Gasteiger partial charge on any atom is -0.271 e. The number of hydrazine groups is 1. The first kappa shape index (κ1) is 13.3. The lowest BCUT2D eigenvalue weighted by atomic mass is 9.93. The maximum Gasteiger partial charge on any atom is 0.0511 e. The summed E-state index contributed by atoms with van der Waals surface area (Å²) in [7, 11) is 0. The average molecular weight is 260 g/mol. The van der Waals surface area contributed by atoms with Crippen LogP contribution in [0.4, 0.5) is 0 Å². The van der Waals surface area contributed by atoms with Crippen LogP contribution >= 0.6 is 11.3 Å². The van der Waals surface area contributed by atoms with E-state index in [4.69, 9.17) is 5.84 Å². The molecule has 2 rings (SSSR count). The summed E-state index contributed by atoms with van der Waals surface area (Å²) in [6.45, 7) is 6.47. The van der Waals surface area contributed by atoms with E-state index in [0.717, 1.165) is 6.42 Å². The van der Waals surface area contributed by atoms with Crippen LogP contribution in [0.2, 0.25) is 0 Å². The van der Waals surface area contributed by atoms with Gasteiger partial charge in [0.1, 0.15) is 0 Å². The van der Waals surface area contributed by atoms with Crippen LogP contribution in [0.15, 0.2) is 29.0 Å². The Morgan fingerprint density at radius 2 is 1.78 bits per heavy atom. The van der Waals surface area contributed by atoms with Crippen molar-refractivity contribution in [3.8, 4) is 0 Å². The van der Waals surface area contributed by atoms with Crippen LogP contribution in [-0.4, -0.2) is 0 Å². The number of rotatable bonds is 4. The molecule has 1 unspecified atom stereocenters. The van der Waals surface area contributed by atoms with E-state index in [1.807, 2.05) is 0 Å². The van der Waals surface area contributed by atoms with Gasteiger partial charge in [0.05, 0.1) is 6.04 Å². The van der Waals surface area contributed by atoms with Gasteiger partial charge >= 0.3 is 0 Å². The molecule has 1 heterocycles. The summed E-state index contributed by atoms with van der Waals surface area (Å²) in [6.07, 6.45) is 0.937. The highest BCUT2D eigenvalue weighted by Gasteiger charge is 2.15. The van der Waals surface area contributed by atoms with Crippen molar-refractivity contribution in [3.05, 3.63) is 56.8 Å². The highest BCUT2D eigenvalue weighted by Crippen LogP contribution is 2.26. The number of nitrogens with two attached hydrogens (primary N) is 1. The van der Waals surface area contributed by atoms with E-state index in [1.165, 1.54) is 27.8 Å². The van der Waals surface area contributed by atoms with Crippen molar-refractivity contribution in [2.45, 2.75) is 33.2 Å². The highest BCUT2D eigenvalue weighted by atomic mass is 32.1. The first-order chi connectivity index (χ1) is 8.63. The summed E-state index contributed by atoms with van der Waals surface area (Å²) in [5.74, 6) is 5.74. The van der Waals surface area contributed by atoms with Crippen molar-refractivity contribution in [2.75, 3.05) is 0 Å². The third kappa shape index (κ3) is 2.64. The second-order valence-corrected chi connectivity index (χ2v) is 5.55. The fourth-order valence-electron chi connectivity index (χ4n) is 2.36. The summed E-state index contributed by atoms with van der Waals surface area (Å²) in [4.78, 5) is 0. The average Bonchev–Trinajstić information content (AvgIpc) is 2.76. The lowest BCUT2D eigenvalue weighted by molar-refractivity contribution is 0.549. The molecule has 1 aromatic carbocycles. The van der Waals surface area contributed by atoms with E-state index >= 15 is 0 Å². The van der Waals surface area contributed by atoms with E-state index in [0.29, 0.717) is 0 Å². The Morgan fingerprint density at radius 3 is 2.28 bits per heavy atom. The smallest absolute Gasteiger partial charge is 0.0511 e. The summed E-state index contributed by atoms with van der Waals surface area (Å²) < 4.78 is 0. The SMILES string of the molecule is Cc1cscc1C(Cc1c(C)cccc1C)NN. The van der Waals surface area contributed by atoms with Crippen molar-refractivity contribution in [3.63, 3.8) is 0 Å². The Hall–Kier alpha value is -1.16. The maximum atomic E-state index is 5.74. The van der Waals surface area contributed by atoms with E-state index in [1.54, 1.807) is 11.3 Å². The molecule has 0 amide bonds. The van der Waals surface area contributed by atoms with E-state index in [2.05, 4.69) is 55.2 Å². The van der Waals surface area contributed by atoms with Crippen molar-refractivity contribution in [1.82, 2.24) is 5.43 Å². The lowest BCUT2D eigenvalue weighted by Crippen LogP contribution is -2.30. The standard InChI is InChI=1S/C15H20N2S/c1-10-5-4-6-11(2)13(10)7-15(17-16)14-9-18-8-12(14)3/h4-6,8-9,15,17H,7,16H2,1-3H3. The third-order valence-corrected chi connectivity index (χ3v) is 4.40. The van der Waals surface area contributed by atoms with E-state index in [9.17, 15) is 0 Å². The van der Waals surface area contributed by atoms with Crippen LogP contribution < -0.4 is 11.3 Å². The summed E-state index contributed by atoms with van der Waals surface area (Å²) in [5, 5.41) is 4.36. The van der Waals surface area contributed by atoms with Gasteiger partial charge in [-0.15, -0.1) is 0 Å². The normalized spacial score (nSPS) is 12.7. The van der Waals surface area contributed by atoms with Gasteiger partial charge in [-0.05, 0) is 65.8 Å². The molecule has 18 heavy (non-hydrogen) atoms. The summed E-state index contributed by atoms with van der Waals surface area (Å²) in [6, 6.07) is 6.62. The van der Waals surface area contributed by atoms with Gasteiger partial charge < -0.3 is 0 Å². The molecule has 3 heteroatoms. The molecule has 0 radical (unpaired) electrons. The monoisotopic (exact) mass is 260 g/mol. The molecule has 2 aromatic rings. The topological polar surface area (TPSA) is 38.0 Å². The minimum atomic E-state index is 0.191. The zero-order chi connectivity index (χ0) is 13.1. The third-order valence-electron chi connectivity index (χ3n) is 3.52. The molecule has 1 atom stereocenters. The van der Waals surface area contributed by atoms with Crippen LogP contribution in [0, 0.1) is 20.8 Å². The molecular weight excluding hydrogens is 240 g/mol. The van der Waals surface area contributed by atoms with Crippen LogP contribution in [0.5, 0.6) is 0 Å². The molecule has 0 fully saturated rings. The molecule has 0 bridgehead atoms. The number of hydrogen-bond acceptors (Lipinski definition) is 3. The van der Waals surface area contributed by atoms with Crippen LogP contribution in [0.1, 0.15) is 33.9 Å². The second kappa shape index (κ2) is 5.65. The van der Waals surface area contributed by atoms with Gasteiger partial charge in [-0.3, -0.25) is 11.3 Å². The number of hydrogen-bond donors (Lipinski definition) is 2. The first-order valence-electron chi connectivity index (χ1n) is 6.17. The predicted octanol–water partition coefficient (Wildman–Crippen LogP) is 3.42. The van der Waals surface area contributed by atoms with Gasteiger partial charge in [-0.25, -0.2) is 0 Å². The molecule has 3 N–H and O–H groups in total. The zero-order valence-corrected chi connectivity index (χ0v) is 12.0. The molecule has 1 aromatic heterocycles. The van der Waals surface area contributed by atoms with Gasteiger partial charge in [0.15, 0.2) is 0 Å². The molecule has 96 valence electrons. The Morgan fingerprint density at radius 1 is 1.11 bits per heavy atom. The Bertz CT molecular complexity index is 511. The van der Waals surface area contributed by atoms with Gasteiger partial charge in [-0.2, -0.15) is 11.3 Å². The molecule has 0 saturated heterocycles. The van der Waals surface area contributed by atoms with Crippen molar-refractivity contribution in [2.24, 2.45) is 5.84 Å². The molecule has 0 saturated carbocycles. The number of nitrogens with one attached hydrogen (secondary N) is 1. The van der Waals surface area contributed by atoms with Crippen LogP contribution in [0.3, 0.4) is 0 Å². The predicted molar refractivity (Wildman–Crippen MR) is 78.7 cm³/mol. The molecule has 0 aliphatic rings. The van der Waals surface area contributed by atoms with Gasteiger partial charge in [0.2, 0.25) is 0 Å². The zero-order valence-electron chi connectivity index (χ0n) is 11.2. The first-order valence-corrected chi connectivity index (χ1v) is 7.11. The molecule has 0 spiro atoms. The van der Waals surface area contributed by atoms with Gasteiger partial charge in [0.25, 0.3) is 0 Å². The maximum absolute atomic E-state index is 5.74. The Kier molecular flexibility index (Phi) is 4.17. The molecule has 2 nitrogen and oxygen atoms in total. The quantitative estimate of drug-likeness (QED) is 0.653. The van der Waals surface area contributed by atoms with E-state index < -0.39 is 0 Å². The van der Waals surface area contributed by atoms with Crippen molar-refractivity contribution < 1.29 is 0 Å². The Balaban J connectivity index is 2.29. The lowest BCUT2D eigenvalue weighted by Gasteiger charge is -2.19. The largest absolute Gasteiger partial charge is 0.271 e. The Labute approximate surface area is 113 Å². The molecular formula is C15H20N2S. The number of aryl methyl sites for hydroxylation is 3. The van der Waals surface area contributed by atoms with Crippen LogP contribution in [0.25, 0.3) is 0 Å². The van der Waals surface area contributed by atoms with Gasteiger partial charge in [-0.1, -0.05) is 18.2 Å². The van der Waals surface area contributed by atoms with E-state index in [-0.39, 0.29) is 6.04 Å². The van der Waals surface area contributed by atoms with Gasteiger partial charge in [0, 0.05) is 0 Å². The van der Waals surface area contributed by atoms with Crippen molar-refractivity contribution >= 4 is 11.3 Å². The fraction of sp³-hybridized carbons (Fsp3) is 0.333. The highest BCUT2D eigenvalue weighted by molar-refractivity contribution is 7.08. The molecule has 0 aliphatic heterocycles. The fourth-order valence-corrected chi connectivity index (χ4v) is 3.27. The van der Waals surface area contributed by atoms with Crippen molar-refractivity contribution in [1.29, 1.82) is 0 Å². The number of thiophene rings is 1. The summed E-state index contributed by atoms with van der Waals surface area (Å²) >= 11 is 1.73. The summed E-state index contributed by atoms with van der Waals surface area (Å²) in [5.41, 5.74) is 9.65.